The highest BCUT2D eigenvalue weighted by Gasteiger charge is 2.23. The lowest BCUT2D eigenvalue weighted by Crippen LogP contribution is -2.13. The van der Waals surface area contributed by atoms with Gasteiger partial charge in [-0.1, -0.05) is 18.2 Å². The maximum atomic E-state index is 14.1. The van der Waals surface area contributed by atoms with Gasteiger partial charge in [0, 0.05) is 31.1 Å². The van der Waals surface area contributed by atoms with Crippen LogP contribution >= 0.6 is 0 Å². The summed E-state index contributed by atoms with van der Waals surface area (Å²) in [6.07, 6.45) is 3.94. The van der Waals surface area contributed by atoms with E-state index in [2.05, 4.69) is 10.3 Å². The number of hydrogen-bond donors (Lipinski definition) is 3. The number of pyridine rings is 1. The van der Waals surface area contributed by atoms with E-state index < -0.39 is 27.9 Å². The van der Waals surface area contributed by atoms with Gasteiger partial charge in [0.2, 0.25) is 5.95 Å². The molecule has 3 aromatic rings. The summed E-state index contributed by atoms with van der Waals surface area (Å²) in [7, 11) is -2.08. The first-order chi connectivity index (χ1) is 15.2. The lowest BCUT2D eigenvalue weighted by molar-refractivity contribution is -0.134. The van der Waals surface area contributed by atoms with Gasteiger partial charge in [-0.15, -0.1) is 0 Å². The van der Waals surface area contributed by atoms with Crippen molar-refractivity contribution < 1.29 is 32.6 Å². The summed E-state index contributed by atoms with van der Waals surface area (Å²) in [4.78, 5) is 22.9. The van der Waals surface area contributed by atoms with Crippen LogP contribution in [0.2, 0.25) is 0 Å². The van der Waals surface area contributed by atoms with E-state index in [-0.39, 0.29) is 16.2 Å². The minimum atomic E-state index is -3.84. The van der Waals surface area contributed by atoms with Gasteiger partial charge in [0.05, 0.1) is 16.2 Å². The Kier molecular flexibility index (Phi) is 8.38. The number of halogens is 1. The van der Waals surface area contributed by atoms with Crippen molar-refractivity contribution in [1.29, 1.82) is 0 Å². The summed E-state index contributed by atoms with van der Waals surface area (Å²) in [5.74, 6) is -3.23. The number of nitrogens with zero attached hydrogens (tertiary/aromatic N) is 2. The number of carboxylic acid groups (broad SMARTS) is 2. The van der Waals surface area contributed by atoms with Crippen LogP contribution in [-0.4, -0.2) is 46.6 Å². The summed E-state index contributed by atoms with van der Waals surface area (Å²) in [6.45, 7) is 0.464. The highest BCUT2D eigenvalue weighted by Crippen LogP contribution is 2.28. The third kappa shape index (κ3) is 6.33. The smallest absolute Gasteiger partial charge is 0.328 e. The first kappa shape index (κ1) is 24.4. The van der Waals surface area contributed by atoms with Crippen LogP contribution in [0.15, 0.2) is 78.0 Å². The molecule has 0 radical (unpaired) electrons. The molecule has 11 heteroatoms. The van der Waals surface area contributed by atoms with Crippen molar-refractivity contribution in [3.05, 3.63) is 84.6 Å². The van der Waals surface area contributed by atoms with Gasteiger partial charge in [-0.25, -0.2) is 27.0 Å². The van der Waals surface area contributed by atoms with Crippen LogP contribution in [0.25, 0.3) is 11.3 Å². The summed E-state index contributed by atoms with van der Waals surface area (Å²) in [5.41, 5.74) is 1.12. The highest BCUT2D eigenvalue weighted by molar-refractivity contribution is 7.90. The molecule has 0 fully saturated rings. The van der Waals surface area contributed by atoms with Gasteiger partial charge in [-0.05, 0) is 42.9 Å². The molecule has 0 aliphatic rings. The molecule has 0 aliphatic carbocycles. The van der Waals surface area contributed by atoms with Crippen molar-refractivity contribution in [3.8, 4) is 11.3 Å². The second kappa shape index (κ2) is 11.0. The lowest BCUT2D eigenvalue weighted by Gasteiger charge is -2.10. The Labute approximate surface area is 183 Å². The fourth-order valence-corrected chi connectivity index (χ4v) is 4.03. The maximum Gasteiger partial charge on any atom is 0.328 e. The van der Waals surface area contributed by atoms with E-state index >= 15 is 0 Å². The van der Waals surface area contributed by atoms with Crippen molar-refractivity contribution in [2.24, 2.45) is 0 Å². The molecule has 0 amide bonds. The quantitative estimate of drug-likeness (QED) is 0.360. The number of benzene rings is 1. The van der Waals surface area contributed by atoms with Crippen molar-refractivity contribution in [2.45, 2.75) is 11.4 Å². The zero-order valence-electron chi connectivity index (χ0n) is 16.8. The third-order valence-electron chi connectivity index (χ3n) is 3.93. The number of aromatic nitrogens is 2. The summed E-state index contributed by atoms with van der Waals surface area (Å²) < 4.78 is 41.1. The van der Waals surface area contributed by atoms with E-state index in [0.717, 1.165) is 9.54 Å². The molecule has 0 atom stereocenters. The largest absolute Gasteiger partial charge is 0.478 e. The minimum absolute atomic E-state index is 0.138. The molecule has 0 unspecified atom stereocenters. The Morgan fingerprint density at radius 1 is 1.09 bits per heavy atom. The molecule has 3 N–H and O–H groups in total. The molecule has 0 saturated carbocycles. The van der Waals surface area contributed by atoms with E-state index in [1.807, 2.05) is 0 Å². The molecule has 2 aromatic heterocycles. The van der Waals surface area contributed by atoms with Gasteiger partial charge >= 0.3 is 11.9 Å². The molecule has 2 heterocycles. The molecule has 3 rings (SSSR count). The van der Waals surface area contributed by atoms with E-state index in [4.69, 9.17) is 10.2 Å². The molecule has 1 aromatic carbocycles. The van der Waals surface area contributed by atoms with E-state index in [1.54, 1.807) is 37.4 Å². The lowest BCUT2D eigenvalue weighted by atomic mass is 10.2. The normalized spacial score (nSPS) is 11.1. The Bertz CT molecular complexity index is 1210. The van der Waals surface area contributed by atoms with E-state index in [1.165, 1.54) is 30.6 Å². The Balaban J connectivity index is 0.000000390. The van der Waals surface area contributed by atoms with Crippen LogP contribution in [0.1, 0.15) is 5.56 Å². The van der Waals surface area contributed by atoms with Gasteiger partial charge in [-0.3, -0.25) is 0 Å². The molecule has 0 saturated heterocycles. The minimum Gasteiger partial charge on any atom is -0.478 e. The van der Waals surface area contributed by atoms with Gasteiger partial charge < -0.3 is 15.5 Å². The maximum absolute atomic E-state index is 14.1. The predicted octanol–water partition coefficient (Wildman–Crippen LogP) is 2.36. The Hall–Kier alpha value is -3.83. The summed E-state index contributed by atoms with van der Waals surface area (Å²) in [5, 5.41) is 18.6. The molecule has 0 bridgehead atoms. The average Bonchev–Trinajstić information content (AvgIpc) is 3.18. The first-order valence-electron chi connectivity index (χ1n) is 9.08. The van der Waals surface area contributed by atoms with Crippen LogP contribution in [0.4, 0.5) is 4.39 Å². The van der Waals surface area contributed by atoms with Crippen LogP contribution in [-0.2, 0) is 26.2 Å². The van der Waals surface area contributed by atoms with Gasteiger partial charge in [-0.2, -0.15) is 4.39 Å². The van der Waals surface area contributed by atoms with Gasteiger partial charge in [0.1, 0.15) is 0 Å². The number of aliphatic carboxylic acids is 2. The number of hydrogen-bond acceptors (Lipinski definition) is 6. The van der Waals surface area contributed by atoms with E-state index in [9.17, 15) is 22.4 Å². The molecule has 168 valence electrons. The van der Waals surface area contributed by atoms with Crippen molar-refractivity contribution in [3.63, 3.8) is 0 Å². The molecule has 32 heavy (non-hydrogen) atoms. The standard InChI is InChI=1S/C17H16FN3O2S.C4H4O4/c1-19-11-13-10-16(15-8-5-9-20-17(15)18)21(12-13)24(22,23)14-6-3-2-4-7-14;5-3(6)1-2-4(7)8/h2-10,12,19H,11H2,1H3;1-2H,(H,5,6)(H,7,8). The molecule has 0 aliphatic heterocycles. The molecule has 9 nitrogen and oxygen atoms in total. The Morgan fingerprint density at radius 2 is 1.72 bits per heavy atom. The SMILES string of the molecule is CNCc1cc(-c2cccnc2F)n(S(=O)(=O)c2ccccc2)c1.O=C(O)C=CC(=O)O. The fourth-order valence-electron chi connectivity index (χ4n) is 2.62. The summed E-state index contributed by atoms with van der Waals surface area (Å²) in [6, 6.07) is 12.8. The third-order valence-corrected chi connectivity index (χ3v) is 5.61. The number of nitrogens with one attached hydrogen (secondary N) is 1. The van der Waals surface area contributed by atoms with Crippen molar-refractivity contribution >= 4 is 22.0 Å². The number of carbonyl (C=O) groups is 2. The zero-order valence-corrected chi connectivity index (χ0v) is 17.7. The number of rotatable bonds is 7. The monoisotopic (exact) mass is 461 g/mol. The fraction of sp³-hybridized carbons (Fsp3) is 0.0952. The van der Waals surface area contributed by atoms with Crippen LogP contribution < -0.4 is 5.32 Å². The first-order valence-corrected chi connectivity index (χ1v) is 10.5. The second-order valence-electron chi connectivity index (χ2n) is 6.23. The van der Waals surface area contributed by atoms with Crippen LogP contribution in [0.3, 0.4) is 0 Å². The summed E-state index contributed by atoms with van der Waals surface area (Å²) >= 11 is 0. The van der Waals surface area contributed by atoms with E-state index in [0.29, 0.717) is 18.7 Å². The molecular formula is C21H20FN3O6S. The van der Waals surface area contributed by atoms with Crippen LogP contribution in [0.5, 0.6) is 0 Å². The van der Waals surface area contributed by atoms with Gasteiger partial charge in [0.15, 0.2) is 0 Å². The topological polar surface area (TPSA) is 139 Å². The van der Waals surface area contributed by atoms with Crippen LogP contribution in [0, 0.1) is 5.95 Å². The predicted molar refractivity (Wildman–Crippen MR) is 114 cm³/mol. The Morgan fingerprint density at radius 3 is 2.25 bits per heavy atom. The second-order valence-corrected chi connectivity index (χ2v) is 8.04. The molecular weight excluding hydrogens is 441 g/mol. The highest BCUT2D eigenvalue weighted by atomic mass is 32.2. The number of carboxylic acids is 2. The molecule has 0 spiro atoms. The average molecular weight is 461 g/mol. The van der Waals surface area contributed by atoms with Crippen molar-refractivity contribution in [2.75, 3.05) is 7.05 Å². The zero-order chi connectivity index (χ0) is 23.7. The van der Waals surface area contributed by atoms with Crippen molar-refractivity contribution in [1.82, 2.24) is 14.3 Å². The van der Waals surface area contributed by atoms with Gasteiger partial charge in [0.25, 0.3) is 10.0 Å².